The minimum absolute atomic E-state index is 0.0668. The number of methoxy groups -OCH3 is 1. The second-order valence-corrected chi connectivity index (χ2v) is 3.77. The van der Waals surface area contributed by atoms with Gasteiger partial charge in [-0.15, -0.1) is 11.8 Å². The largest absolute Gasteiger partial charge is 0.489 e. The molecule has 0 aliphatic carbocycles. The van der Waals surface area contributed by atoms with Crippen LogP contribution in [0.3, 0.4) is 0 Å². The second kappa shape index (κ2) is 6.60. The molecule has 0 aromatic heterocycles. The van der Waals surface area contributed by atoms with Crippen molar-refractivity contribution < 1.29 is 18.6 Å². The zero-order valence-corrected chi connectivity index (χ0v) is 10.4. The van der Waals surface area contributed by atoms with Gasteiger partial charge in [-0.1, -0.05) is 0 Å². The van der Waals surface area contributed by atoms with E-state index in [1.807, 2.05) is 13.2 Å². The molecular formula is C11H15FO3S. The first-order chi connectivity index (χ1) is 7.72. The highest BCUT2D eigenvalue weighted by molar-refractivity contribution is 7.98. The lowest BCUT2D eigenvalue weighted by Crippen LogP contribution is -2.03. The highest BCUT2D eigenvalue weighted by atomic mass is 32.2. The molecule has 0 fully saturated rings. The van der Waals surface area contributed by atoms with Crippen molar-refractivity contribution in [2.24, 2.45) is 0 Å². The summed E-state index contributed by atoms with van der Waals surface area (Å²) < 4.78 is 28.8. The van der Waals surface area contributed by atoms with E-state index in [4.69, 9.17) is 14.2 Å². The molecule has 0 heterocycles. The molecule has 1 rings (SSSR count). The van der Waals surface area contributed by atoms with Crippen LogP contribution >= 0.6 is 11.8 Å². The molecular weight excluding hydrogens is 231 g/mol. The van der Waals surface area contributed by atoms with E-state index in [-0.39, 0.29) is 12.6 Å². The van der Waals surface area contributed by atoms with Gasteiger partial charge in [0.1, 0.15) is 5.82 Å². The zero-order chi connectivity index (χ0) is 12.0. The van der Waals surface area contributed by atoms with Gasteiger partial charge in [-0.2, -0.15) is 0 Å². The molecule has 0 saturated heterocycles. The second-order valence-electron chi connectivity index (χ2n) is 2.92. The van der Waals surface area contributed by atoms with Gasteiger partial charge in [0, 0.05) is 13.2 Å². The fraction of sp³-hybridized carbons (Fsp3) is 0.455. The smallest absolute Gasteiger partial charge is 0.188 e. The number of rotatable bonds is 6. The van der Waals surface area contributed by atoms with Crippen LogP contribution in [0.4, 0.5) is 4.39 Å². The normalized spacial score (nSPS) is 10.2. The summed E-state index contributed by atoms with van der Waals surface area (Å²) in [5, 5.41) is 0. The summed E-state index contributed by atoms with van der Waals surface area (Å²) in [4.78, 5) is 0.716. The Morgan fingerprint density at radius 3 is 2.62 bits per heavy atom. The van der Waals surface area contributed by atoms with E-state index in [1.54, 1.807) is 0 Å². The van der Waals surface area contributed by atoms with Gasteiger partial charge in [-0.25, -0.2) is 4.39 Å². The molecule has 0 amide bonds. The van der Waals surface area contributed by atoms with Gasteiger partial charge >= 0.3 is 0 Å². The third-order valence-electron chi connectivity index (χ3n) is 1.83. The number of hydrogen-bond donors (Lipinski definition) is 0. The van der Waals surface area contributed by atoms with Crippen LogP contribution in [0.1, 0.15) is 6.92 Å². The molecule has 1 aromatic rings. The Labute approximate surface area is 98.9 Å². The summed E-state index contributed by atoms with van der Waals surface area (Å²) >= 11 is 1.41. The van der Waals surface area contributed by atoms with Crippen LogP contribution < -0.4 is 9.47 Å². The minimum atomic E-state index is -0.348. The first-order valence-corrected chi connectivity index (χ1v) is 6.07. The molecule has 90 valence electrons. The topological polar surface area (TPSA) is 27.7 Å². The quantitative estimate of drug-likeness (QED) is 0.570. The molecule has 3 nitrogen and oxygen atoms in total. The van der Waals surface area contributed by atoms with Crippen LogP contribution in [-0.4, -0.2) is 26.8 Å². The van der Waals surface area contributed by atoms with Gasteiger partial charge in [0.25, 0.3) is 0 Å². The molecule has 0 bridgehead atoms. The summed E-state index contributed by atoms with van der Waals surface area (Å²) in [5.41, 5.74) is 0. The van der Waals surface area contributed by atoms with Crippen molar-refractivity contribution in [1.82, 2.24) is 0 Å². The first-order valence-electron chi connectivity index (χ1n) is 4.85. The maximum atomic E-state index is 13.3. The van der Waals surface area contributed by atoms with E-state index < -0.39 is 0 Å². The van der Waals surface area contributed by atoms with E-state index >= 15 is 0 Å². The molecule has 0 saturated carbocycles. The van der Waals surface area contributed by atoms with Gasteiger partial charge in [0.05, 0.1) is 11.5 Å². The van der Waals surface area contributed by atoms with Crippen molar-refractivity contribution in [2.75, 3.05) is 26.8 Å². The lowest BCUT2D eigenvalue weighted by Gasteiger charge is -2.14. The number of ether oxygens (including phenoxy) is 3. The van der Waals surface area contributed by atoms with Crippen molar-refractivity contribution >= 4 is 11.8 Å². The molecule has 0 spiro atoms. The summed E-state index contributed by atoms with van der Waals surface area (Å²) in [7, 11) is 1.51. The molecule has 0 unspecified atom stereocenters. The average Bonchev–Trinajstić information content (AvgIpc) is 2.29. The predicted octanol–water partition coefficient (Wildman–Crippen LogP) is 2.93. The van der Waals surface area contributed by atoms with Crippen LogP contribution in [0.2, 0.25) is 0 Å². The van der Waals surface area contributed by atoms with Crippen molar-refractivity contribution in [3.63, 3.8) is 0 Å². The Balaban J connectivity index is 3.05. The number of halogens is 1. The van der Waals surface area contributed by atoms with E-state index in [2.05, 4.69) is 0 Å². The van der Waals surface area contributed by atoms with E-state index in [0.29, 0.717) is 23.0 Å². The van der Waals surface area contributed by atoms with Gasteiger partial charge in [0.2, 0.25) is 0 Å². The maximum Gasteiger partial charge on any atom is 0.188 e. The highest BCUT2D eigenvalue weighted by Crippen LogP contribution is 2.37. The Bertz CT molecular complexity index is 344. The standard InChI is InChI=1S/C11H15FO3S/c1-4-14-11-9(15-7-13-2)5-8(12)6-10(11)16-3/h5-6H,4,7H2,1-3H3. The maximum absolute atomic E-state index is 13.3. The van der Waals surface area contributed by atoms with Gasteiger partial charge in [-0.05, 0) is 19.2 Å². The van der Waals surface area contributed by atoms with Crippen molar-refractivity contribution in [1.29, 1.82) is 0 Å². The lowest BCUT2D eigenvalue weighted by atomic mass is 10.3. The van der Waals surface area contributed by atoms with Crippen molar-refractivity contribution in [3.05, 3.63) is 17.9 Å². The Hall–Kier alpha value is -0.940. The predicted molar refractivity (Wildman–Crippen MR) is 61.9 cm³/mol. The molecule has 0 radical (unpaired) electrons. The van der Waals surface area contributed by atoms with Crippen molar-refractivity contribution in [3.8, 4) is 11.5 Å². The molecule has 5 heteroatoms. The summed E-state index contributed by atoms with van der Waals surface area (Å²) in [5.74, 6) is 0.584. The van der Waals surface area contributed by atoms with Crippen LogP contribution in [0.15, 0.2) is 17.0 Å². The van der Waals surface area contributed by atoms with E-state index in [9.17, 15) is 4.39 Å². The van der Waals surface area contributed by atoms with Crippen LogP contribution in [0, 0.1) is 5.82 Å². The monoisotopic (exact) mass is 246 g/mol. The average molecular weight is 246 g/mol. The zero-order valence-electron chi connectivity index (χ0n) is 9.58. The van der Waals surface area contributed by atoms with Gasteiger partial charge in [-0.3, -0.25) is 0 Å². The van der Waals surface area contributed by atoms with Gasteiger partial charge in [0.15, 0.2) is 18.3 Å². The summed E-state index contributed by atoms with van der Waals surface area (Å²) in [6.07, 6.45) is 1.86. The minimum Gasteiger partial charge on any atom is -0.489 e. The molecule has 0 aliphatic heterocycles. The molecule has 0 aliphatic rings. The third-order valence-corrected chi connectivity index (χ3v) is 2.57. The van der Waals surface area contributed by atoms with Crippen molar-refractivity contribution in [2.45, 2.75) is 11.8 Å². The molecule has 0 N–H and O–H groups in total. The van der Waals surface area contributed by atoms with Crippen LogP contribution in [0.25, 0.3) is 0 Å². The summed E-state index contributed by atoms with van der Waals surface area (Å²) in [6, 6.07) is 2.72. The fourth-order valence-electron chi connectivity index (χ4n) is 1.21. The molecule has 1 aromatic carbocycles. The van der Waals surface area contributed by atoms with Crippen LogP contribution in [0.5, 0.6) is 11.5 Å². The van der Waals surface area contributed by atoms with E-state index in [0.717, 1.165) is 0 Å². The third kappa shape index (κ3) is 3.28. The Morgan fingerprint density at radius 2 is 2.06 bits per heavy atom. The Morgan fingerprint density at radius 1 is 1.31 bits per heavy atom. The highest BCUT2D eigenvalue weighted by Gasteiger charge is 2.13. The van der Waals surface area contributed by atoms with Gasteiger partial charge < -0.3 is 14.2 Å². The Kier molecular flexibility index (Phi) is 5.42. The first kappa shape index (κ1) is 13.1. The molecule has 0 atom stereocenters. The number of benzene rings is 1. The lowest BCUT2D eigenvalue weighted by molar-refractivity contribution is 0.0481. The number of hydrogen-bond acceptors (Lipinski definition) is 4. The SMILES string of the molecule is CCOc1c(OCOC)cc(F)cc1SC. The summed E-state index contributed by atoms with van der Waals surface area (Å²) in [6.45, 7) is 2.44. The van der Waals surface area contributed by atoms with E-state index in [1.165, 1.54) is 31.0 Å². The van der Waals surface area contributed by atoms with Crippen LogP contribution in [-0.2, 0) is 4.74 Å². The number of thioether (sulfide) groups is 1. The molecule has 16 heavy (non-hydrogen) atoms. The fourth-order valence-corrected chi connectivity index (χ4v) is 1.79.